The molecule has 0 saturated heterocycles. The molecule has 2 aliphatic rings. The van der Waals surface area contributed by atoms with E-state index in [-0.39, 0.29) is 21.7 Å². The fourth-order valence-corrected chi connectivity index (χ4v) is 11.5. The summed E-state index contributed by atoms with van der Waals surface area (Å²) in [5, 5.41) is 5.22. The molecule has 0 spiro atoms. The molecule has 0 N–H and O–H groups in total. The molecular formula is C62H62. The number of hydrogen-bond acceptors (Lipinski definition) is 0. The summed E-state index contributed by atoms with van der Waals surface area (Å²) in [4.78, 5) is 0. The van der Waals surface area contributed by atoms with Gasteiger partial charge in [-0.15, -0.1) is 0 Å². The van der Waals surface area contributed by atoms with Crippen LogP contribution in [0.15, 0.2) is 146 Å². The highest BCUT2D eigenvalue weighted by molar-refractivity contribution is 5.93. The van der Waals surface area contributed by atoms with E-state index in [0.29, 0.717) is 0 Å². The van der Waals surface area contributed by atoms with Gasteiger partial charge in [0.05, 0.1) is 0 Å². The number of hydrogen-bond donors (Lipinski definition) is 0. The molecule has 0 nitrogen and oxygen atoms in total. The molecule has 0 heterocycles. The first-order valence-corrected chi connectivity index (χ1v) is 23.4. The van der Waals surface area contributed by atoms with Crippen molar-refractivity contribution in [3.8, 4) is 55.6 Å². The van der Waals surface area contributed by atoms with Gasteiger partial charge >= 0.3 is 0 Å². The van der Waals surface area contributed by atoms with Gasteiger partial charge in [-0.2, -0.15) is 0 Å². The van der Waals surface area contributed by atoms with Crippen molar-refractivity contribution in [3.63, 3.8) is 0 Å². The first-order valence-electron chi connectivity index (χ1n) is 23.4. The van der Waals surface area contributed by atoms with Gasteiger partial charge in [-0.3, -0.25) is 0 Å². The molecular weight excluding hydrogens is 745 g/mol. The minimum atomic E-state index is -0.0350. The second-order valence-corrected chi connectivity index (χ2v) is 20.7. The molecule has 8 aromatic carbocycles. The Bertz CT molecular complexity index is 2860. The van der Waals surface area contributed by atoms with Crippen LogP contribution in [0, 0.1) is 0 Å². The minimum Gasteiger partial charge on any atom is -0.0642 e. The molecule has 0 aromatic heterocycles. The van der Waals surface area contributed by atoms with E-state index in [1.165, 1.54) is 111 Å². The van der Waals surface area contributed by atoms with E-state index in [1.807, 2.05) is 0 Å². The van der Waals surface area contributed by atoms with Crippen molar-refractivity contribution in [1.82, 2.24) is 0 Å². The molecule has 0 saturated carbocycles. The lowest BCUT2D eigenvalue weighted by molar-refractivity contribution is 0.490. The average molecular weight is 807 g/mol. The van der Waals surface area contributed by atoms with Crippen molar-refractivity contribution < 1.29 is 0 Å². The highest BCUT2D eigenvalue weighted by Crippen LogP contribution is 2.57. The van der Waals surface area contributed by atoms with E-state index >= 15 is 0 Å². The molecule has 0 amide bonds. The lowest BCUT2D eigenvalue weighted by Gasteiger charge is -2.31. The zero-order valence-electron chi connectivity index (χ0n) is 38.7. The third kappa shape index (κ3) is 6.15. The number of benzene rings is 8. The molecule has 10 rings (SSSR count). The lowest BCUT2D eigenvalue weighted by Crippen LogP contribution is -2.23. The van der Waals surface area contributed by atoms with Crippen molar-refractivity contribution in [1.29, 1.82) is 0 Å². The van der Waals surface area contributed by atoms with Crippen LogP contribution in [0.25, 0.3) is 77.2 Å². The Morgan fingerprint density at radius 1 is 0.290 bits per heavy atom. The predicted molar refractivity (Wildman–Crippen MR) is 269 cm³/mol. The molecule has 0 unspecified atom stereocenters. The van der Waals surface area contributed by atoms with Crippen molar-refractivity contribution in [2.75, 3.05) is 0 Å². The topological polar surface area (TPSA) is 0 Å². The normalized spacial score (nSPS) is 14.8. The van der Waals surface area contributed by atoms with Crippen molar-refractivity contribution >= 4 is 21.5 Å². The van der Waals surface area contributed by atoms with Gasteiger partial charge < -0.3 is 0 Å². The summed E-state index contributed by atoms with van der Waals surface area (Å²) in [5.74, 6) is 0. The summed E-state index contributed by atoms with van der Waals surface area (Å²) in [6, 6.07) is 57.3. The summed E-state index contributed by atoms with van der Waals surface area (Å²) in [7, 11) is 0. The fraction of sp³-hybridized carbons (Fsp3) is 0.290. The van der Waals surface area contributed by atoms with Crippen LogP contribution in [0.2, 0.25) is 0 Å². The summed E-state index contributed by atoms with van der Waals surface area (Å²) >= 11 is 0. The fourth-order valence-electron chi connectivity index (χ4n) is 11.5. The van der Waals surface area contributed by atoms with Gasteiger partial charge in [0, 0.05) is 10.8 Å². The summed E-state index contributed by atoms with van der Waals surface area (Å²) in [5.41, 5.74) is 22.3. The van der Waals surface area contributed by atoms with E-state index in [0.717, 1.165) is 25.7 Å². The zero-order valence-corrected chi connectivity index (χ0v) is 38.7. The van der Waals surface area contributed by atoms with Crippen molar-refractivity contribution in [2.45, 2.75) is 117 Å². The summed E-state index contributed by atoms with van der Waals surface area (Å²) in [6.07, 6.45) is 4.26. The largest absolute Gasteiger partial charge is 0.0642 e. The maximum Gasteiger partial charge on any atom is 0.0210 e. The van der Waals surface area contributed by atoms with Crippen LogP contribution >= 0.6 is 0 Å². The smallest absolute Gasteiger partial charge is 0.0210 e. The van der Waals surface area contributed by atoms with Crippen molar-refractivity contribution in [3.05, 3.63) is 179 Å². The van der Waals surface area contributed by atoms with Crippen LogP contribution in [0.4, 0.5) is 0 Å². The predicted octanol–water partition coefficient (Wildman–Crippen LogP) is 17.8. The molecule has 0 fully saturated rings. The SMILES string of the molecule is CCC1(CC)c2cc(-c3ccc4c(c3)C(CC)(CC)c3cc(-c5ccc6cc(C(C)(C)C)ccc6c5)ccc3-4)ccc2-c2ccc(-c3ccc4cc(C(C)(C)C)ccc4c3)cc21. The van der Waals surface area contributed by atoms with E-state index in [4.69, 9.17) is 0 Å². The van der Waals surface area contributed by atoms with Gasteiger partial charge in [-0.1, -0.05) is 178 Å². The number of fused-ring (bicyclic) bond motifs is 8. The molecule has 0 aliphatic heterocycles. The molecule has 0 heteroatoms. The second-order valence-electron chi connectivity index (χ2n) is 20.7. The van der Waals surface area contributed by atoms with E-state index in [2.05, 4.69) is 215 Å². The summed E-state index contributed by atoms with van der Waals surface area (Å²) < 4.78 is 0. The molecule has 2 aliphatic carbocycles. The third-order valence-corrected chi connectivity index (χ3v) is 15.5. The van der Waals surface area contributed by atoms with Crippen molar-refractivity contribution in [2.24, 2.45) is 0 Å². The maximum absolute atomic E-state index is 2.55. The standard InChI is InChI=1S/C62H62/c1-11-61(12-2)55-35-45(39-15-17-43-33-49(59(5,6)7)25-19-41(43)31-39)21-27-51(55)53-29-23-47(37-57(53)61)48-24-30-54-52-28-22-46(36-56(52)62(13-3,14-4)58(54)38-48)40-16-18-44-34-50(60(8,9)10)26-20-42(44)32-40/h15-38H,11-14H2,1-10H3. The van der Waals surface area contributed by atoms with Gasteiger partial charge in [0.25, 0.3) is 0 Å². The Balaban J connectivity index is 1.00. The first kappa shape index (κ1) is 40.4. The highest BCUT2D eigenvalue weighted by Gasteiger charge is 2.43. The minimum absolute atomic E-state index is 0.0350. The van der Waals surface area contributed by atoms with E-state index < -0.39 is 0 Å². The van der Waals surface area contributed by atoms with Gasteiger partial charge in [-0.05, 0) is 183 Å². The molecule has 8 aromatic rings. The Morgan fingerprint density at radius 2 is 0.532 bits per heavy atom. The Kier molecular flexibility index (Phi) is 9.39. The van der Waals surface area contributed by atoms with Gasteiger partial charge in [0.1, 0.15) is 0 Å². The molecule has 0 radical (unpaired) electrons. The number of rotatable bonds is 7. The Morgan fingerprint density at radius 3 is 0.806 bits per heavy atom. The first-order chi connectivity index (χ1) is 29.7. The lowest BCUT2D eigenvalue weighted by atomic mass is 9.72. The van der Waals surface area contributed by atoms with Crippen LogP contribution in [0.1, 0.15) is 128 Å². The Labute approximate surface area is 371 Å². The van der Waals surface area contributed by atoms with Gasteiger partial charge in [-0.25, -0.2) is 0 Å². The van der Waals surface area contributed by atoms with Crippen LogP contribution < -0.4 is 0 Å². The van der Waals surface area contributed by atoms with Crippen LogP contribution in [-0.4, -0.2) is 0 Å². The highest BCUT2D eigenvalue weighted by atomic mass is 14.5. The van der Waals surface area contributed by atoms with Crippen LogP contribution in [-0.2, 0) is 21.7 Å². The van der Waals surface area contributed by atoms with Crippen LogP contribution in [0.3, 0.4) is 0 Å². The van der Waals surface area contributed by atoms with Gasteiger partial charge in [0.2, 0.25) is 0 Å². The molecule has 62 heavy (non-hydrogen) atoms. The monoisotopic (exact) mass is 806 g/mol. The third-order valence-electron chi connectivity index (χ3n) is 15.5. The van der Waals surface area contributed by atoms with E-state index in [1.54, 1.807) is 0 Å². The average Bonchev–Trinajstić information content (AvgIpc) is 3.72. The summed E-state index contributed by atoms with van der Waals surface area (Å²) in [6.45, 7) is 23.3. The molecule has 310 valence electrons. The van der Waals surface area contributed by atoms with E-state index in [9.17, 15) is 0 Å². The molecule has 0 bridgehead atoms. The van der Waals surface area contributed by atoms with Crippen LogP contribution in [0.5, 0.6) is 0 Å². The zero-order chi connectivity index (χ0) is 43.3. The van der Waals surface area contributed by atoms with Gasteiger partial charge in [0.15, 0.2) is 0 Å². The Hall–Kier alpha value is -5.72. The molecule has 0 atom stereocenters. The maximum atomic E-state index is 2.55. The quantitative estimate of drug-likeness (QED) is 0.150. The second kappa shape index (κ2) is 14.4.